The van der Waals surface area contributed by atoms with Crippen molar-refractivity contribution in [2.45, 2.75) is 26.4 Å². The Hall–Kier alpha value is -1.88. The number of amides is 2. The fourth-order valence-corrected chi connectivity index (χ4v) is 2.59. The van der Waals surface area contributed by atoms with E-state index in [4.69, 9.17) is 0 Å². The molecule has 0 N–H and O–H groups in total. The topological polar surface area (TPSA) is 43.9 Å². The van der Waals surface area contributed by atoms with E-state index in [0.29, 0.717) is 38.8 Å². The first-order chi connectivity index (χ1) is 10.6. The largest absolute Gasteiger partial charge is 0.342 e. The van der Waals surface area contributed by atoms with Crippen LogP contribution in [0.3, 0.4) is 0 Å². The molecule has 1 aromatic carbocycles. The van der Waals surface area contributed by atoms with Gasteiger partial charge in [-0.1, -0.05) is 30.3 Å². The van der Waals surface area contributed by atoms with Gasteiger partial charge in [-0.15, -0.1) is 0 Å². The number of piperazine rings is 1. The van der Waals surface area contributed by atoms with Crippen molar-refractivity contribution in [3.05, 3.63) is 35.9 Å². The number of benzene rings is 1. The summed E-state index contributed by atoms with van der Waals surface area (Å²) in [7, 11) is 0. The summed E-state index contributed by atoms with van der Waals surface area (Å²) in [4.78, 5) is 29.0. The van der Waals surface area contributed by atoms with Gasteiger partial charge in [0.2, 0.25) is 12.3 Å². The van der Waals surface area contributed by atoms with Gasteiger partial charge in [-0.05, 0) is 19.4 Å². The van der Waals surface area contributed by atoms with Crippen molar-refractivity contribution in [3.8, 4) is 0 Å². The quantitative estimate of drug-likeness (QED) is 0.742. The van der Waals surface area contributed by atoms with Gasteiger partial charge >= 0.3 is 0 Å². The van der Waals surface area contributed by atoms with Gasteiger partial charge in [-0.3, -0.25) is 14.5 Å². The molecule has 120 valence electrons. The first kappa shape index (κ1) is 16.5. The third-order valence-corrected chi connectivity index (χ3v) is 4.11. The molecule has 0 spiro atoms. The summed E-state index contributed by atoms with van der Waals surface area (Å²) < 4.78 is 0. The Morgan fingerprint density at radius 3 is 2.36 bits per heavy atom. The molecule has 0 radical (unpaired) electrons. The lowest BCUT2D eigenvalue weighted by Gasteiger charge is -2.35. The van der Waals surface area contributed by atoms with Crippen LogP contribution in [0, 0.1) is 0 Å². The maximum atomic E-state index is 12.5. The molecule has 1 heterocycles. The molecule has 2 amide bonds. The van der Waals surface area contributed by atoms with Gasteiger partial charge in [-0.25, -0.2) is 0 Å². The average Bonchev–Trinajstić information content (AvgIpc) is 2.55. The Morgan fingerprint density at radius 2 is 1.82 bits per heavy atom. The summed E-state index contributed by atoms with van der Waals surface area (Å²) in [6.07, 6.45) is 0.859. The third kappa shape index (κ3) is 4.56. The summed E-state index contributed by atoms with van der Waals surface area (Å²) in [5.41, 5.74) is 1.22. The highest BCUT2D eigenvalue weighted by Gasteiger charge is 2.23. The fraction of sp³-hybridized carbons (Fsp3) is 0.529. The van der Waals surface area contributed by atoms with E-state index < -0.39 is 0 Å². The van der Waals surface area contributed by atoms with Crippen LogP contribution in [0.25, 0.3) is 0 Å². The molecule has 1 aliphatic heterocycles. The van der Waals surface area contributed by atoms with Crippen LogP contribution in [-0.4, -0.2) is 65.8 Å². The second-order valence-corrected chi connectivity index (χ2v) is 6.01. The van der Waals surface area contributed by atoms with Crippen LogP contribution >= 0.6 is 0 Å². The van der Waals surface area contributed by atoms with E-state index in [2.05, 4.69) is 30.9 Å². The predicted molar refractivity (Wildman–Crippen MR) is 86.2 cm³/mol. The number of rotatable bonds is 6. The monoisotopic (exact) mass is 303 g/mol. The highest BCUT2D eigenvalue weighted by molar-refractivity contribution is 5.78. The van der Waals surface area contributed by atoms with Crippen molar-refractivity contribution in [2.75, 3.05) is 32.7 Å². The van der Waals surface area contributed by atoms with E-state index in [1.165, 1.54) is 5.56 Å². The van der Waals surface area contributed by atoms with Gasteiger partial charge in [-0.2, -0.15) is 0 Å². The van der Waals surface area contributed by atoms with Gasteiger partial charge in [0.05, 0.1) is 6.54 Å². The zero-order chi connectivity index (χ0) is 15.9. The summed E-state index contributed by atoms with van der Waals surface area (Å²) in [5, 5.41) is 0. The van der Waals surface area contributed by atoms with Crippen LogP contribution in [0.2, 0.25) is 0 Å². The van der Waals surface area contributed by atoms with Crippen LogP contribution < -0.4 is 0 Å². The van der Waals surface area contributed by atoms with Crippen molar-refractivity contribution in [2.24, 2.45) is 0 Å². The number of hydrogen-bond donors (Lipinski definition) is 0. The lowest BCUT2D eigenvalue weighted by atomic mass is 10.2. The maximum absolute atomic E-state index is 12.5. The Bertz CT molecular complexity index is 482. The molecule has 0 aromatic heterocycles. The summed E-state index contributed by atoms with van der Waals surface area (Å²) in [6, 6.07) is 10.5. The first-order valence-electron chi connectivity index (χ1n) is 7.85. The van der Waals surface area contributed by atoms with E-state index >= 15 is 0 Å². The van der Waals surface area contributed by atoms with E-state index in [0.717, 1.165) is 13.0 Å². The Balaban J connectivity index is 1.90. The Kier molecular flexibility index (Phi) is 5.95. The van der Waals surface area contributed by atoms with Gasteiger partial charge in [0.25, 0.3) is 0 Å². The third-order valence-electron chi connectivity index (χ3n) is 4.11. The average molecular weight is 303 g/mol. The molecule has 22 heavy (non-hydrogen) atoms. The van der Waals surface area contributed by atoms with Crippen LogP contribution in [-0.2, 0) is 16.1 Å². The van der Waals surface area contributed by atoms with Gasteiger partial charge < -0.3 is 9.80 Å². The molecule has 1 aliphatic rings. The molecule has 1 saturated heterocycles. The summed E-state index contributed by atoms with van der Waals surface area (Å²) in [6.45, 7) is 7.96. The van der Waals surface area contributed by atoms with Gasteiger partial charge in [0.1, 0.15) is 0 Å². The molecule has 0 saturated carbocycles. The first-order valence-corrected chi connectivity index (χ1v) is 7.85. The molecule has 2 rings (SSSR count). The van der Waals surface area contributed by atoms with Crippen LogP contribution in [0.5, 0.6) is 0 Å². The van der Waals surface area contributed by atoms with Crippen molar-refractivity contribution in [1.82, 2.24) is 14.7 Å². The summed E-state index contributed by atoms with van der Waals surface area (Å²) >= 11 is 0. The van der Waals surface area contributed by atoms with Crippen LogP contribution in [0.1, 0.15) is 19.4 Å². The van der Waals surface area contributed by atoms with Gasteiger partial charge in [0.15, 0.2) is 0 Å². The Labute approximate surface area is 132 Å². The molecule has 1 fully saturated rings. The molecular weight excluding hydrogens is 278 g/mol. The normalized spacial score (nSPS) is 15.5. The minimum atomic E-state index is 0.148. The highest BCUT2D eigenvalue weighted by atomic mass is 16.2. The Morgan fingerprint density at radius 1 is 1.18 bits per heavy atom. The van der Waals surface area contributed by atoms with Crippen molar-refractivity contribution < 1.29 is 9.59 Å². The molecule has 0 unspecified atom stereocenters. The van der Waals surface area contributed by atoms with Crippen molar-refractivity contribution >= 4 is 12.3 Å². The minimum Gasteiger partial charge on any atom is -0.342 e. The molecule has 5 heteroatoms. The molecule has 0 bridgehead atoms. The van der Waals surface area contributed by atoms with E-state index in [9.17, 15) is 9.59 Å². The zero-order valence-corrected chi connectivity index (χ0v) is 13.4. The molecule has 0 aliphatic carbocycles. The van der Waals surface area contributed by atoms with Crippen molar-refractivity contribution in [3.63, 3.8) is 0 Å². The van der Waals surface area contributed by atoms with Gasteiger partial charge in [0, 0.05) is 38.8 Å². The van der Waals surface area contributed by atoms with Crippen LogP contribution in [0.15, 0.2) is 30.3 Å². The SMILES string of the molecule is CC(C)N(CC(=O)N1CCN(C=O)CC1)Cc1ccccc1. The number of carbonyl (C=O) groups is 2. The van der Waals surface area contributed by atoms with E-state index in [1.54, 1.807) is 4.90 Å². The number of carbonyl (C=O) groups excluding carboxylic acids is 2. The molecule has 5 nitrogen and oxygen atoms in total. The minimum absolute atomic E-state index is 0.148. The van der Waals surface area contributed by atoms with E-state index in [1.807, 2.05) is 23.1 Å². The smallest absolute Gasteiger partial charge is 0.236 e. The fourth-order valence-electron chi connectivity index (χ4n) is 2.59. The second kappa shape index (κ2) is 7.94. The maximum Gasteiger partial charge on any atom is 0.236 e. The number of hydrogen-bond acceptors (Lipinski definition) is 3. The number of nitrogens with zero attached hydrogens (tertiary/aromatic N) is 3. The molecule has 1 aromatic rings. The van der Waals surface area contributed by atoms with Crippen LogP contribution in [0.4, 0.5) is 0 Å². The standard InChI is InChI=1S/C17H25N3O2/c1-15(2)20(12-16-6-4-3-5-7-16)13-17(22)19-10-8-18(14-21)9-11-19/h3-7,14-15H,8-13H2,1-2H3. The molecular formula is C17H25N3O2. The second-order valence-electron chi connectivity index (χ2n) is 6.01. The summed E-state index contributed by atoms with van der Waals surface area (Å²) in [5.74, 6) is 0.148. The van der Waals surface area contributed by atoms with E-state index in [-0.39, 0.29) is 5.91 Å². The van der Waals surface area contributed by atoms with Crippen molar-refractivity contribution in [1.29, 1.82) is 0 Å². The lowest BCUT2D eigenvalue weighted by molar-refractivity contribution is -0.136. The predicted octanol–water partition coefficient (Wildman–Crippen LogP) is 1.20. The lowest BCUT2D eigenvalue weighted by Crippen LogP contribution is -2.51. The zero-order valence-electron chi connectivity index (χ0n) is 13.4. The molecule has 0 atom stereocenters. The highest BCUT2D eigenvalue weighted by Crippen LogP contribution is 2.09.